The van der Waals surface area contributed by atoms with Gasteiger partial charge in [-0.05, 0) is 23.6 Å². The molecular formula is C15H20O4. The lowest BCUT2D eigenvalue weighted by Gasteiger charge is -2.05. The Morgan fingerprint density at radius 1 is 1.16 bits per heavy atom. The molecule has 0 aromatic heterocycles. The summed E-state index contributed by atoms with van der Waals surface area (Å²) >= 11 is 0. The lowest BCUT2D eigenvalue weighted by molar-refractivity contribution is -0.131. The second kappa shape index (κ2) is 9.30. The minimum Gasteiger partial charge on any atom is -0.478 e. The van der Waals surface area contributed by atoms with Crippen LogP contribution >= 0.6 is 0 Å². The van der Waals surface area contributed by atoms with E-state index in [1.165, 1.54) is 0 Å². The van der Waals surface area contributed by atoms with Crippen molar-refractivity contribution in [3.63, 3.8) is 0 Å². The molecule has 0 bridgehead atoms. The van der Waals surface area contributed by atoms with E-state index in [0.717, 1.165) is 30.2 Å². The average molecular weight is 264 g/mol. The van der Waals surface area contributed by atoms with Gasteiger partial charge in [-0.25, -0.2) is 4.79 Å². The number of hydrogen-bond acceptors (Lipinski definition) is 3. The van der Waals surface area contributed by atoms with Crippen LogP contribution in [0.3, 0.4) is 0 Å². The molecule has 0 unspecified atom stereocenters. The second-order valence-electron chi connectivity index (χ2n) is 4.08. The van der Waals surface area contributed by atoms with Crippen LogP contribution in [0.1, 0.15) is 24.5 Å². The molecule has 0 radical (unpaired) electrons. The van der Waals surface area contributed by atoms with E-state index < -0.39 is 5.97 Å². The summed E-state index contributed by atoms with van der Waals surface area (Å²) < 4.78 is 10.8. The Labute approximate surface area is 113 Å². The van der Waals surface area contributed by atoms with Crippen LogP contribution in [0.15, 0.2) is 30.3 Å². The van der Waals surface area contributed by atoms with Gasteiger partial charge in [0.15, 0.2) is 0 Å². The van der Waals surface area contributed by atoms with Crippen LogP contribution in [-0.2, 0) is 20.9 Å². The Balaban J connectivity index is 2.26. The molecule has 1 rings (SSSR count). The summed E-state index contributed by atoms with van der Waals surface area (Å²) in [5, 5.41) is 8.52. The highest BCUT2D eigenvalue weighted by Crippen LogP contribution is 2.07. The summed E-state index contributed by atoms with van der Waals surface area (Å²) in [6.45, 7) is 4.58. The zero-order chi connectivity index (χ0) is 13.9. The predicted molar refractivity (Wildman–Crippen MR) is 73.9 cm³/mol. The molecule has 0 aliphatic rings. The first-order valence-electron chi connectivity index (χ1n) is 6.38. The van der Waals surface area contributed by atoms with Gasteiger partial charge >= 0.3 is 5.97 Å². The van der Waals surface area contributed by atoms with Gasteiger partial charge in [0.1, 0.15) is 0 Å². The monoisotopic (exact) mass is 264 g/mol. The predicted octanol–water partition coefficient (Wildman–Crippen LogP) is 2.73. The quantitative estimate of drug-likeness (QED) is 0.550. The van der Waals surface area contributed by atoms with Crippen LogP contribution in [0.4, 0.5) is 0 Å². The van der Waals surface area contributed by atoms with Crippen molar-refractivity contribution in [2.75, 3.05) is 19.8 Å². The fourth-order valence-corrected chi connectivity index (χ4v) is 1.45. The molecule has 1 aromatic carbocycles. The first-order chi connectivity index (χ1) is 9.22. The lowest BCUT2D eigenvalue weighted by atomic mass is 10.1. The molecule has 0 saturated carbocycles. The summed E-state index contributed by atoms with van der Waals surface area (Å²) in [5.74, 6) is -0.945. The van der Waals surface area contributed by atoms with Crippen LogP contribution in [0.2, 0.25) is 0 Å². The Morgan fingerprint density at radius 2 is 1.84 bits per heavy atom. The number of rotatable bonds is 9. The molecule has 4 nitrogen and oxygen atoms in total. The first-order valence-corrected chi connectivity index (χ1v) is 6.38. The molecular weight excluding hydrogens is 244 g/mol. The number of carboxylic acids is 1. The third-order valence-electron chi connectivity index (χ3n) is 2.39. The van der Waals surface area contributed by atoms with Gasteiger partial charge in [0.2, 0.25) is 0 Å². The van der Waals surface area contributed by atoms with Crippen molar-refractivity contribution in [2.24, 2.45) is 0 Å². The van der Waals surface area contributed by atoms with Crippen LogP contribution in [-0.4, -0.2) is 30.9 Å². The van der Waals surface area contributed by atoms with Gasteiger partial charge in [-0.3, -0.25) is 0 Å². The third-order valence-corrected chi connectivity index (χ3v) is 2.39. The van der Waals surface area contributed by atoms with Gasteiger partial charge < -0.3 is 14.6 Å². The van der Waals surface area contributed by atoms with Crippen LogP contribution in [0.25, 0.3) is 6.08 Å². The van der Waals surface area contributed by atoms with E-state index in [1.54, 1.807) is 6.08 Å². The Kier molecular flexibility index (Phi) is 7.54. The molecule has 19 heavy (non-hydrogen) atoms. The third kappa shape index (κ3) is 7.39. The Bertz CT molecular complexity index is 395. The van der Waals surface area contributed by atoms with Crippen molar-refractivity contribution >= 4 is 12.0 Å². The zero-order valence-corrected chi connectivity index (χ0v) is 11.2. The largest absolute Gasteiger partial charge is 0.478 e. The highest BCUT2D eigenvalue weighted by molar-refractivity contribution is 5.85. The van der Waals surface area contributed by atoms with E-state index in [-0.39, 0.29) is 0 Å². The van der Waals surface area contributed by atoms with Gasteiger partial charge in [-0.15, -0.1) is 0 Å². The summed E-state index contributed by atoms with van der Waals surface area (Å²) in [4.78, 5) is 10.4. The standard InChI is InChI=1S/C15H20O4/c1-2-9-18-10-11-19-12-14-5-3-13(4-6-14)7-8-15(16)17/h3-8H,2,9-12H2,1H3,(H,16,17). The Morgan fingerprint density at radius 3 is 2.47 bits per heavy atom. The van der Waals surface area contributed by atoms with Gasteiger partial charge in [0.05, 0.1) is 19.8 Å². The zero-order valence-electron chi connectivity index (χ0n) is 11.2. The van der Waals surface area contributed by atoms with Crippen molar-refractivity contribution < 1.29 is 19.4 Å². The highest BCUT2D eigenvalue weighted by atomic mass is 16.5. The molecule has 0 aliphatic carbocycles. The number of hydrogen-bond donors (Lipinski definition) is 1. The molecule has 0 fully saturated rings. The normalized spacial score (nSPS) is 11.0. The molecule has 0 spiro atoms. The maximum atomic E-state index is 10.4. The van der Waals surface area contributed by atoms with Gasteiger partial charge in [0.25, 0.3) is 0 Å². The van der Waals surface area contributed by atoms with E-state index in [1.807, 2.05) is 24.3 Å². The van der Waals surface area contributed by atoms with Crippen molar-refractivity contribution in [1.82, 2.24) is 0 Å². The van der Waals surface area contributed by atoms with E-state index in [9.17, 15) is 4.79 Å². The maximum Gasteiger partial charge on any atom is 0.328 e. The molecule has 0 saturated heterocycles. The molecule has 0 aliphatic heterocycles. The minimum atomic E-state index is -0.945. The van der Waals surface area contributed by atoms with Gasteiger partial charge in [-0.2, -0.15) is 0 Å². The van der Waals surface area contributed by atoms with Crippen LogP contribution in [0, 0.1) is 0 Å². The number of ether oxygens (including phenoxy) is 2. The summed E-state index contributed by atoms with van der Waals surface area (Å²) in [6.07, 6.45) is 3.70. The fourth-order valence-electron chi connectivity index (χ4n) is 1.45. The molecule has 4 heteroatoms. The topological polar surface area (TPSA) is 55.8 Å². The number of carboxylic acid groups (broad SMARTS) is 1. The van der Waals surface area contributed by atoms with Crippen LogP contribution < -0.4 is 0 Å². The molecule has 0 atom stereocenters. The van der Waals surface area contributed by atoms with Gasteiger partial charge in [-0.1, -0.05) is 31.2 Å². The second-order valence-corrected chi connectivity index (χ2v) is 4.08. The number of carbonyl (C=O) groups is 1. The van der Waals surface area contributed by atoms with Crippen molar-refractivity contribution in [2.45, 2.75) is 20.0 Å². The highest BCUT2D eigenvalue weighted by Gasteiger charge is 1.95. The summed E-state index contributed by atoms with van der Waals surface area (Å²) in [6, 6.07) is 7.58. The molecule has 0 amide bonds. The van der Waals surface area contributed by atoms with E-state index in [0.29, 0.717) is 19.8 Å². The lowest BCUT2D eigenvalue weighted by Crippen LogP contribution is -2.04. The minimum absolute atomic E-state index is 0.540. The van der Waals surface area contributed by atoms with E-state index >= 15 is 0 Å². The van der Waals surface area contributed by atoms with E-state index in [2.05, 4.69) is 6.92 Å². The molecule has 0 heterocycles. The molecule has 104 valence electrons. The van der Waals surface area contributed by atoms with Crippen molar-refractivity contribution in [1.29, 1.82) is 0 Å². The molecule has 1 N–H and O–H groups in total. The summed E-state index contributed by atoms with van der Waals surface area (Å²) in [7, 11) is 0. The van der Waals surface area contributed by atoms with Gasteiger partial charge in [0, 0.05) is 12.7 Å². The first kappa shape index (κ1) is 15.4. The Hall–Kier alpha value is -1.65. The number of aliphatic carboxylic acids is 1. The number of benzene rings is 1. The average Bonchev–Trinajstić information content (AvgIpc) is 2.41. The van der Waals surface area contributed by atoms with Crippen LogP contribution in [0.5, 0.6) is 0 Å². The van der Waals surface area contributed by atoms with Crippen molar-refractivity contribution in [3.05, 3.63) is 41.5 Å². The summed E-state index contributed by atoms with van der Waals surface area (Å²) in [5.41, 5.74) is 1.92. The smallest absolute Gasteiger partial charge is 0.328 e. The maximum absolute atomic E-state index is 10.4. The molecule has 1 aromatic rings. The fraction of sp³-hybridized carbons (Fsp3) is 0.400. The van der Waals surface area contributed by atoms with Crippen molar-refractivity contribution in [3.8, 4) is 0 Å². The van der Waals surface area contributed by atoms with E-state index in [4.69, 9.17) is 14.6 Å². The SMILES string of the molecule is CCCOCCOCc1ccc(C=CC(=O)O)cc1.